The van der Waals surface area contributed by atoms with E-state index in [0.29, 0.717) is 6.04 Å². The quantitative estimate of drug-likeness (QED) is 0.837. The Labute approximate surface area is 104 Å². The van der Waals surface area contributed by atoms with Gasteiger partial charge in [-0.2, -0.15) is 0 Å². The molecule has 0 saturated heterocycles. The van der Waals surface area contributed by atoms with E-state index in [2.05, 4.69) is 17.2 Å². The van der Waals surface area contributed by atoms with Crippen molar-refractivity contribution in [2.24, 2.45) is 5.92 Å². The second-order valence-corrected chi connectivity index (χ2v) is 5.13. The molecule has 0 amide bonds. The molecule has 0 radical (unpaired) electrons. The van der Waals surface area contributed by atoms with Crippen molar-refractivity contribution in [3.8, 4) is 0 Å². The molecule has 0 bridgehead atoms. The second kappa shape index (κ2) is 5.89. The van der Waals surface area contributed by atoms with E-state index in [0.717, 1.165) is 17.4 Å². The second-order valence-electron chi connectivity index (χ2n) is 5.13. The summed E-state index contributed by atoms with van der Waals surface area (Å²) in [5.74, 6) is 1.87. The van der Waals surface area contributed by atoms with Gasteiger partial charge in [0.1, 0.15) is 5.82 Å². The molecule has 1 heterocycles. The number of anilines is 2. The highest BCUT2D eigenvalue weighted by Gasteiger charge is 2.20. The number of rotatable bonds is 4. The van der Waals surface area contributed by atoms with Gasteiger partial charge in [0.15, 0.2) is 0 Å². The average Bonchev–Trinajstić information content (AvgIpc) is 2.32. The lowest BCUT2D eigenvalue weighted by atomic mass is 9.83. The molecule has 1 saturated carbocycles. The Morgan fingerprint density at radius 2 is 2.12 bits per heavy atom. The normalized spacial score (nSPS) is 24.5. The molecule has 3 heteroatoms. The number of hydrogen-bond donors (Lipinski definition) is 2. The lowest BCUT2D eigenvalue weighted by Crippen LogP contribution is -2.26. The molecule has 1 aliphatic carbocycles. The molecule has 0 aromatic carbocycles. The molecule has 1 fully saturated rings. The summed E-state index contributed by atoms with van der Waals surface area (Å²) in [5, 5.41) is 3.49. The molecule has 3 nitrogen and oxygen atoms in total. The van der Waals surface area contributed by atoms with E-state index in [9.17, 15) is 0 Å². The van der Waals surface area contributed by atoms with Crippen LogP contribution in [0.1, 0.15) is 45.4 Å². The Morgan fingerprint density at radius 1 is 1.35 bits per heavy atom. The van der Waals surface area contributed by atoms with Crippen LogP contribution in [0.2, 0.25) is 0 Å². The SMILES string of the molecule is CCCC1CCC(Nc2cc(N)ccn2)CC1. The highest BCUT2D eigenvalue weighted by atomic mass is 15.0. The van der Waals surface area contributed by atoms with Gasteiger partial charge in [0, 0.05) is 24.0 Å². The minimum absolute atomic E-state index is 0.581. The molecule has 0 atom stereocenters. The molecule has 17 heavy (non-hydrogen) atoms. The van der Waals surface area contributed by atoms with Crippen molar-refractivity contribution in [3.05, 3.63) is 18.3 Å². The van der Waals surface area contributed by atoms with Gasteiger partial charge in [-0.25, -0.2) is 4.98 Å². The minimum atomic E-state index is 0.581. The summed E-state index contributed by atoms with van der Waals surface area (Å²) in [6, 6.07) is 4.32. The van der Waals surface area contributed by atoms with Crippen molar-refractivity contribution >= 4 is 11.5 Å². The van der Waals surface area contributed by atoms with Crippen molar-refractivity contribution < 1.29 is 0 Å². The maximum Gasteiger partial charge on any atom is 0.128 e. The van der Waals surface area contributed by atoms with E-state index >= 15 is 0 Å². The lowest BCUT2D eigenvalue weighted by Gasteiger charge is -2.29. The Hall–Kier alpha value is -1.25. The standard InChI is InChI=1S/C14H23N3/c1-2-3-11-4-6-13(7-5-11)17-14-10-12(15)8-9-16-14/h8-11,13H,2-7H2,1H3,(H3,15,16,17). The van der Waals surface area contributed by atoms with E-state index in [4.69, 9.17) is 5.73 Å². The summed E-state index contributed by atoms with van der Waals surface area (Å²) >= 11 is 0. The van der Waals surface area contributed by atoms with Gasteiger partial charge < -0.3 is 11.1 Å². The van der Waals surface area contributed by atoms with Crippen LogP contribution in [0.15, 0.2) is 18.3 Å². The number of hydrogen-bond acceptors (Lipinski definition) is 3. The zero-order valence-corrected chi connectivity index (χ0v) is 10.7. The van der Waals surface area contributed by atoms with Gasteiger partial charge in [-0.05, 0) is 37.7 Å². The number of pyridine rings is 1. The van der Waals surface area contributed by atoms with Crippen LogP contribution in [0.4, 0.5) is 11.5 Å². The molecule has 0 spiro atoms. The van der Waals surface area contributed by atoms with E-state index in [1.807, 2.05) is 12.1 Å². The first-order valence-corrected chi connectivity index (χ1v) is 6.76. The first-order valence-electron chi connectivity index (χ1n) is 6.76. The Bertz CT molecular complexity index is 343. The highest BCUT2D eigenvalue weighted by Crippen LogP contribution is 2.29. The van der Waals surface area contributed by atoms with Gasteiger partial charge in [-0.15, -0.1) is 0 Å². The summed E-state index contributed by atoms with van der Waals surface area (Å²) in [5.41, 5.74) is 6.53. The van der Waals surface area contributed by atoms with Crippen LogP contribution in [-0.2, 0) is 0 Å². The molecule has 1 aromatic heterocycles. The van der Waals surface area contributed by atoms with E-state index < -0.39 is 0 Å². The zero-order valence-electron chi connectivity index (χ0n) is 10.7. The van der Waals surface area contributed by atoms with Crippen LogP contribution in [0.25, 0.3) is 0 Å². The molecule has 3 N–H and O–H groups in total. The molecular formula is C14H23N3. The highest BCUT2D eigenvalue weighted by molar-refractivity contribution is 5.48. The van der Waals surface area contributed by atoms with Crippen LogP contribution in [-0.4, -0.2) is 11.0 Å². The summed E-state index contributed by atoms with van der Waals surface area (Å²) in [6.45, 7) is 2.28. The van der Waals surface area contributed by atoms with Gasteiger partial charge in [0.2, 0.25) is 0 Å². The van der Waals surface area contributed by atoms with Crippen LogP contribution >= 0.6 is 0 Å². The predicted octanol–water partition coefficient (Wildman–Crippen LogP) is 3.43. The Balaban J connectivity index is 1.82. The topological polar surface area (TPSA) is 50.9 Å². The maximum absolute atomic E-state index is 5.75. The third-order valence-electron chi connectivity index (χ3n) is 3.68. The molecular weight excluding hydrogens is 210 g/mol. The van der Waals surface area contributed by atoms with Crippen LogP contribution in [0.5, 0.6) is 0 Å². The van der Waals surface area contributed by atoms with Gasteiger partial charge in [-0.3, -0.25) is 0 Å². The third-order valence-corrected chi connectivity index (χ3v) is 3.68. The minimum Gasteiger partial charge on any atom is -0.399 e. The van der Waals surface area contributed by atoms with Gasteiger partial charge in [0.25, 0.3) is 0 Å². The fraction of sp³-hybridized carbons (Fsp3) is 0.643. The van der Waals surface area contributed by atoms with Crippen molar-refractivity contribution in [2.45, 2.75) is 51.5 Å². The zero-order chi connectivity index (χ0) is 12.1. The fourth-order valence-electron chi connectivity index (χ4n) is 2.74. The monoisotopic (exact) mass is 233 g/mol. The first kappa shape index (κ1) is 12.2. The van der Waals surface area contributed by atoms with Gasteiger partial charge in [-0.1, -0.05) is 19.8 Å². The summed E-state index contributed by atoms with van der Waals surface area (Å²) in [4.78, 5) is 4.30. The number of aromatic nitrogens is 1. The number of nitrogen functional groups attached to an aromatic ring is 1. The molecule has 1 aliphatic rings. The largest absolute Gasteiger partial charge is 0.399 e. The molecule has 0 aliphatic heterocycles. The summed E-state index contributed by atoms with van der Waals surface area (Å²) in [6.07, 6.45) is 9.72. The van der Waals surface area contributed by atoms with Crippen molar-refractivity contribution in [1.82, 2.24) is 4.98 Å². The van der Waals surface area contributed by atoms with Crippen LogP contribution in [0, 0.1) is 5.92 Å². The van der Waals surface area contributed by atoms with Crippen molar-refractivity contribution in [3.63, 3.8) is 0 Å². The van der Waals surface area contributed by atoms with Crippen molar-refractivity contribution in [1.29, 1.82) is 0 Å². The predicted molar refractivity (Wildman–Crippen MR) is 72.9 cm³/mol. The fourth-order valence-corrected chi connectivity index (χ4v) is 2.74. The Morgan fingerprint density at radius 3 is 2.76 bits per heavy atom. The molecule has 94 valence electrons. The lowest BCUT2D eigenvalue weighted by molar-refractivity contribution is 0.318. The summed E-state index contributed by atoms with van der Waals surface area (Å²) < 4.78 is 0. The molecule has 2 rings (SSSR count). The molecule has 1 aromatic rings. The van der Waals surface area contributed by atoms with E-state index in [1.165, 1.54) is 38.5 Å². The number of nitrogens with zero attached hydrogens (tertiary/aromatic N) is 1. The van der Waals surface area contributed by atoms with Crippen molar-refractivity contribution in [2.75, 3.05) is 11.1 Å². The van der Waals surface area contributed by atoms with Crippen LogP contribution < -0.4 is 11.1 Å². The van der Waals surface area contributed by atoms with E-state index in [-0.39, 0.29) is 0 Å². The smallest absolute Gasteiger partial charge is 0.128 e. The van der Waals surface area contributed by atoms with E-state index in [1.54, 1.807) is 6.20 Å². The third kappa shape index (κ3) is 3.62. The average molecular weight is 233 g/mol. The van der Waals surface area contributed by atoms with Crippen LogP contribution in [0.3, 0.4) is 0 Å². The number of nitrogens with two attached hydrogens (primary N) is 1. The molecule has 0 unspecified atom stereocenters. The first-order chi connectivity index (χ1) is 8.28. The Kier molecular flexibility index (Phi) is 4.24. The summed E-state index contributed by atoms with van der Waals surface area (Å²) in [7, 11) is 0. The van der Waals surface area contributed by atoms with Gasteiger partial charge >= 0.3 is 0 Å². The van der Waals surface area contributed by atoms with Gasteiger partial charge in [0.05, 0.1) is 0 Å². The number of nitrogens with one attached hydrogen (secondary N) is 1. The maximum atomic E-state index is 5.75.